The second-order valence-electron chi connectivity index (χ2n) is 8.45. The van der Waals surface area contributed by atoms with Crippen molar-refractivity contribution < 1.29 is 24.0 Å². The van der Waals surface area contributed by atoms with Crippen molar-refractivity contribution in [1.82, 2.24) is 4.98 Å². The van der Waals surface area contributed by atoms with E-state index in [2.05, 4.69) is 4.98 Å². The molecule has 1 amide bonds. The summed E-state index contributed by atoms with van der Waals surface area (Å²) >= 11 is 1.23. The number of ketones is 1. The van der Waals surface area contributed by atoms with Crippen LogP contribution in [0.4, 0.5) is 15.2 Å². The Bertz CT molecular complexity index is 1590. The average molecular weight is 504 g/mol. The van der Waals surface area contributed by atoms with Crippen LogP contribution in [0.25, 0.3) is 16.0 Å². The van der Waals surface area contributed by atoms with E-state index < -0.39 is 34.2 Å². The normalized spacial score (nSPS) is 17.2. The molecule has 1 aliphatic heterocycles. The van der Waals surface area contributed by atoms with Gasteiger partial charge in [-0.2, -0.15) is 0 Å². The fourth-order valence-corrected chi connectivity index (χ4v) is 5.52. The fraction of sp³-hybridized carbons (Fsp3) is 0.115. The highest BCUT2D eigenvalue weighted by Gasteiger charge is 2.48. The van der Waals surface area contributed by atoms with E-state index in [1.165, 1.54) is 52.6 Å². The molecule has 36 heavy (non-hydrogen) atoms. The number of hydrogen-bond acceptors (Lipinski definition) is 7. The zero-order chi connectivity index (χ0) is 25.7. The Morgan fingerprint density at radius 3 is 2.39 bits per heavy atom. The van der Waals surface area contributed by atoms with Gasteiger partial charge in [0.1, 0.15) is 11.6 Å². The first-order chi connectivity index (χ1) is 17.2. The Hall–Kier alpha value is -4.44. The van der Waals surface area contributed by atoms with Gasteiger partial charge in [-0.05, 0) is 73.0 Å². The smallest absolute Gasteiger partial charge is 0.301 e. The SMILES string of the molecule is Cc1cc(C)c2nc(N3C(=O)C(=O)/C(=C(/O)c4ccc(F)cc4)[C@@H]3c3ccc([N+](=O)[O-])cc3)sc2c1. The van der Waals surface area contributed by atoms with E-state index in [1.807, 2.05) is 26.0 Å². The Kier molecular flexibility index (Phi) is 5.60. The zero-order valence-corrected chi connectivity index (χ0v) is 19.9. The van der Waals surface area contributed by atoms with Gasteiger partial charge in [0.15, 0.2) is 5.13 Å². The summed E-state index contributed by atoms with van der Waals surface area (Å²) in [5.41, 5.74) is 2.74. The minimum Gasteiger partial charge on any atom is -0.507 e. The molecule has 4 aromatic rings. The lowest BCUT2D eigenvalue weighted by Gasteiger charge is -2.22. The van der Waals surface area contributed by atoms with Crippen LogP contribution in [0.3, 0.4) is 0 Å². The van der Waals surface area contributed by atoms with Crippen LogP contribution in [0.2, 0.25) is 0 Å². The van der Waals surface area contributed by atoms with E-state index >= 15 is 0 Å². The maximum absolute atomic E-state index is 13.5. The van der Waals surface area contributed by atoms with E-state index in [4.69, 9.17) is 0 Å². The summed E-state index contributed by atoms with van der Waals surface area (Å²) in [7, 11) is 0. The molecule has 3 aromatic carbocycles. The largest absolute Gasteiger partial charge is 0.507 e. The van der Waals surface area contributed by atoms with Crippen LogP contribution in [-0.2, 0) is 9.59 Å². The summed E-state index contributed by atoms with van der Waals surface area (Å²) in [6.07, 6.45) is 0. The molecule has 8 nitrogen and oxygen atoms in total. The fourth-order valence-electron chi connectivity index (χ4n) is 4.35. The summed E-state index contributed by atoms with van der Waals surface area (Å²) in [6, 6.07) is 13.0. The van der Waals surface area contributed by atoms with E-state index in [0.29, 0.717) is 11.1 Å². The van der Waals surface area contributed by atoms with Gasteiger partial charge in [-0.25, -0.2) is 9.37 Å². The highest BCUT2D eigenvalue weighted by Crippen LogP contribution is 2.45. The number of hydrogen-bond donors (Lipinski definition) is 1. The molecule has 0 saturated carbocycles. The van der Waals surface area contributed by atoms with Crippen molar-refractivity contribution in [2.45, 2.75) is 19.9 Å². The molecule has 0 radical (unpaired) electrons. The predicted molar refractivity (Wildman–Crippen MR) is 133 cm³/mol. The molecule has 5 rings (SSSR count). The molecule has 180 valence electrons. The Morgan fingerprint density at radius 2 is 1.75 bits per heavy atom. The van der Waals surface area contributed by atoms with Gasteiger partial charge < -0.3 is 5.11 Å². The number of benzene rings is 3. The van der Waals surface area contributed by atoms with Crippen molar-refractivity contribution in [3.8, 4) is 0 Å². The summed E-state index contributed by atoms with van der Waals surface area (Å²) in [5, 5.41) is 22.5. The number of aromatic nitrogens is 1. The van der Waals surface area contributed by atoms with Gasteiger partial charge in [-0.3, -0.25) is 24.6 Å². The van der Waals surface area contributed by atoms with Gasteiger partial charge in [0.05, 0.1) is 26.8 Å². The maximum atomic E-state index is 13.5. The molecule has 0 spiro atoms. The Labute approximate surface area is 208 Å². The molecule has 10 heteroatoms. The summed E-state index contributed by atoms with van der Waals surface area (Å²) in [4.78, 5) is 43.0. The average Bonchev–Trinajstić information content (AvgIpc) is 3.38. The number of Topliss-reactive ketones (excluding diaryl/α,β-unsaturated/α-hetero) is 1. The van der Waals surface area contributed by atoms with Gasteiger partial charge in [-0.1, -0.05) is 17.4 Å². The molecule has 1 fully saturated rings. The number of amides is 1. The number of nitrogens with zero attached hydrogens (tertiary/aromatic N) is 3. The first kappa shape index (κ1) is 23.3. The number of non-ortho nitro benzene ring substituents is 1. The number of thiazole rings is 1. The van der Waals surface area contributed by atoms with Crippen LogP contribution < -0.4 is 4.90 Å². The molecular weight excluding hydrogens is 485 g/mol. The third-order valence-corrected chi connectivity index (χ3v) is 7.01. The molecular formula is C26H18FN3O5S. The molecule has 1 aromatic heterocycles. The van der Waals surface area contributed by atoms with E-state index in [-0.39, 0.29) is 22.0 Å². The maximum Gasteiger partial charge on any atom is 0.301 e. The van der Waals surface area contributed by atoms with Crippen LogP contribution >= 0.6 is 11.3 Å². The number of aliphatic hydroxyl groups is 1. The van der Waals surface area contributed by atoms with Crippen molar-refractivity contribution in [2.24, 2.45) is 0 Å². The number of carbonyl (C=O) groups is 2. The number of halogens is 1. The molecule has 1 N–H and O–H groups in total. The number of nitro benzene ring substituents is 1. The lowest BCUT2D eigenvalue weighted by molar-refractivity contribution is -0.384. The minimum atomic E-state index is -1.10. The number of rotatable bonds is 4. The van der Waals surface area contributed by atoms with E-state index in [9.17, 15) is 29.2 Å². The van der Waals surface area contributed by atoms with Crippen molar-refractivity contribution >= 4 is 49.8 Å². The minimum absolute atomic E-state index is 0.150. The van der Waals surface area contributed by atoms with Crippen molar-refractivity contribution in [1.29, 1.82) is 0 Å². The Balaban J connectivity index is 1.73. The number of aryl methyl sites for hydroxylation is 2. The van der Waals surface area contributed by atoms with Gasteiger partial charge >= 0.3 is 5.91 Å². The second kappa shape index (κ2) is 8.65. The van der Waals surface area contributed by atoms with Crippen LogP contribution in [-0.4, -0.2) is 26.7 Å². The first-order valence-corrected chi connectivity index (χ1v) is 11.7. The first-order valence-electron chi connectivity index (χ1n) is 10.8. The van der Waals surface area contributed by atoms with Crippen LogP contribution in [0.5, 0.6) is 0 Å². The lowest BCUT2D eigenvalue weighted by Crippen LogP contribution is -2.29. The van der Waals surface area contributed by atoms with Crippen molar-refractivity contribution in [2.75, 3.05) is 4.90 Å². The summed E-state index contributed by atoms with van der Waals surface area (Å²) in [6.45, 7) is 3.84. The van der Waals surface area contributed by atoms with Gasteiger partial charge in [0, 0.05) is 17.7 Å². The van der Waals surface area contributed by atoms with Gasteiger partial charge in [-0.15, -0.1) is 0 Å². The third-order valence-electron chi connectivity index (χ3n) is 6.01. The number of carbonyl (C=O) groups excluding carboxylic acids is 2. The molecule has 2 heterocycles. The third kappa shape index (κ3) is 3.81. The molecule has 1 saturated heterocycles. The lowest BCUT2D eigenvalue weighted by atomic mass is 9.95. The molecule has 1 aliphatic rings. The Morgan fingerprint density at radius 1 is 1.08 bits per heavy atom. The number of fused-ring (bicyclic) bond motifs is 1. The topological polar surface area (TPSA) is 114 Å². The number of aliphatic hydroxyl groups excluding tert-OH is 1. The molecule has 0 bridgehead atoms. The number of nitro groups is 1. The summed E-state index contributed by atoms with van der Waals surface area (Å²) < 4.78 is 14.3. The van der Waals surface area contributed by atoms with Crippen molar-refractivity contribution in [3.63, 3.8) is 0 Å². The number of anilines is 1. The predicted octanol–water partition coefficient (Wildman–Crippen LogP) is 5.59. The highest BCUT2D eigenvalue weighted by molar-refractivity contribution is 7.22. The second-order valence-corrected chi connectivity index (χ2v) is 9.46. The summed E-state index contributed by atoms with van der Waals surface area (Å²) in [5.74, 6) is -2.84. The van der Waals surface area contributed by atoms with Gasteiger partial charge in [0.25, 0.3) is 11.5 Å². The van der Waals surface area contributed by atoms with Crippen LogP contribution in [0.1, 0.15) is 28.3 Å². The standard InChI is InChI=1S/C26H18FN3O5S/c1-13-11-14(2)21-19(12-13)36-26(28-21)29-22(15-5-9-18(10-6-15)30(34)35)20(24(32)25(29)33)23(31)16-3-7-17(27)8-4-16/h3-12,22,31H,1-2H3/b23-20+/t22-/m0/s1. The van der Waals surface area contributed by atoms with Crippen LogP contribution in [0, 0.1) is 29.8 Å². The monoisotopic (exact) mass is 503 g/mol. The molecule has 0 unspecified atom stereocenters. The quantitative estimate of drug-likeness (QED) is 0.128. The van der Waals surface area contributed by atoms with Crippen LogP contribution in [0.15, 0.2) is 66.2 Å². The molecule has 0 aliphatic carbocycles. The van der Waals surface area contributed by atoms with E-state index in [1.54, 1.807) is 0 Å². The van der Waals surface area contributed by atoms with Crippen molar-refractivity contribution in [3.05, 3.63) is 104 Å². The van der Waals surface area contributed by atoms with E-state index in [0.717, 1.165) is 28.0 Å². The molecule has 1 atom stereocenters. The highest BCUT2D eigenvalue weighted by atomic mass is 32.1. The van der Waals surface area contributed by atoms with Gasteiger partial charge in [0.2, 0.25) is 0 Å². The zero-order valence-electron chi connectivity index (χ0n) is 19.1.